The van der Waals surface area contributed by atoms with E-state index < -0.39 is 0 Å². The molecule has 4 aromatic carbocycles. The van der Waals surface area contributed by atoms with Gasteiger partial charge < -0.3 is 30.2 Å². The summed E-state index contributed by atoms with van der Waals surface area (Å²) >= 11 is 1.79. The van der Waals surface area contributed by atoms with E-state index in [9.17, 15) is 4.79 Å². The van der Waals surface area contributed by atoms with E-state index in [-0.39, 0.29) is 17.9 Å². The van der Waals surface area contributed by atoms with E-state index in [4.69, 9.17) is 14.7 Å². The number of hydrogen-bond donors (Lipinski definition) is 3. The van der Waals surface area contributed by atoms with Crippen molar-refractivity contribution in [2.75, 3.05) is 46.9 Å². The minimum atomic E-state index is -0.0647. The van der Waals surface area contributed by atoms with E-state index in [0.717, 1.165) is 103 Å². The number of ketones is 1. The van der Waals surface area contributed by atoms with Gasteiger partial charge in [0, 0.05) is 17.6 Å². The smallest absolute Gasteiger partial charge is 0.159 e. The molecule has 0 spiro atoms. The number of piperidine rings is 2. The lowest BCUT2D eigenvalue weighted by Gasteiger charge is -2.32. The molecule has 2 atom stereocenters. The summed E-state index contributed by atoms with van der Waals surface area (Å²) in [6, 6.07) is 33.9. The zero-order valence-electron chi connectivity index (χ0n) is 33.3. The first-order chi connectivity index (χ1) is 27.3. The number of carbonyl (C=O) groups is 1. The van der Waals surface area contributed by atoms with Crippen LogP contribution in [0.4, 0.5) is 0 Å². The van der Waals surface area contributed by atoms with E-state index >= 15 is 0 Å². The molecule has 2 aliphatic rings. The molecule has 4 heterocycles. The number of fused-ring (bicyclic) bond motifs is 2. The van der Waals surface area contributed by atoms with Crippen molar-refractivity contribution in [2.45, 2.75) is 76.5 Å². The van der Waals surface area contributed by atoms with Gasteiger partial charge in [0.1, 0.15) is 16.6 Å². The first kappa shape index (κ1) is 39.8. The molecule has 0 amide bonds. The van der Waals surface area contributed by atoms with Crippen molar-refractivity contribution in [2.24, 2.45) is 0 Å². The number of thiazole rings is 1. The number of ether oxygens (including phenoxy) is 1. The summed E-state index contributed by atoms with van der Waals surface area (Å²) in [6.45, 7) is 9.05. The first-order valence-electron chi connectivity index (χ1n) is 20.4. The van der Waals surface area contributed by atoms with Gasteiger partial charge in [-0.05, 0) is 133 Å². The monoisotopic (exact) mass is 771 g/mol. The van der Waals surface area contributed by atoms with E-state index in [1.807, 2.05) is 42.5 Å². The Morgan fingerprint density at radius 1 is 0.786 bits per heavy atom. The van der Waals surface area contributed by atoms with Crippen LogP contribution in [0.1, 0.15) is 96.8 Å². The fraction of sp³-hybridized carbons (Fsp3) is 0.413. The predicted octanol–water partition coefficient (Wildman–Crippen LogP) is 8.79. The molecule has 2 saturated heterocycles. The SMILES string of the molecule is CC(=O)c1cccc(C(NC2CCN(C)CC2)c2nc3ccccc3[nH]2)c1.CCCCOc1cccc(C(NC2CCN(C)CC2)c2nc3ccccc3s2)c1. The number of carbonyl (C=O) groups excluding carboxylic acids is 1. The average Bonchev–Trinajstić information content (AvgIpc) is 3.86. The lowest BCUT2D eigenvalue weighted by molar-refractivity contribution is 0.101. The van der Waals surface area contributed by atoms with Gasteiger partial charge in [0.15, 0.2) is 5.78 Å². The number of aromatic nitrogens is 3. The lowest BCUT2D eigenvalue weighted by Crippen LogP contribution is -2.42. The van der Waals surface area contributed by atoms with Crippen LogP contribution in [0.15, 0.2) is 97.1 Å². The van der Waals surface area contributed by atoms with Gasteiger partial charge in [-0.1, -0.05) is 67.9 Å². The van der Waals surface area contributed by atoms with E-state index in [1.165, 1.54) is 23.1 Å². The van der Waals surface area contributed by atoms with Crippen LogP contribution in [0, 0.1) is 0 Å². The second-order valence-corrected chi connectivity index (χ2v) is 16.5. The minimum Gasteiger partial charge on any atom is -0.494 e. The number of nitrogens with one attached hydrogen (secondary N) is 3. The number of benzene rings is 4. The molecular formula is C46H57N7O2S. The number of nitrogens with zero attached hydrogens (tertiary/aromatic N) is 4. The van der Waals surface area contributed by atoms with E-state index in [1.54, 1.807) is 18.3 Å². The highest BCUT2D eigenvalue weighted by Crippen LogP contribution is 2.33. The molecule has 9 nitrogen and oxygen atoms in total. The van der Waals surface area contributed by atoms with Crippen LogP contribution in [0.2, 0.25) is 0 Å². The normalized spacial score (nSPS) is 17.1. The highest BCUT2D eigenvalue weighted by molar-refractivity contribution is 7.18. The number of H-pyrrole nitrogens is 1. The largest absolute Gasteiger partial charge is 0.494 e. The summed E-state index contributed by atoms with van der Waals surface area (Å²) in [5, 5.41) is 8.87. The molecule has 6 aromatic rings. The quantitative estimate of drug-likeness (QED) is 0.0793. The van der Waals surface area contributed by atoms with Gasteiger partial charge in [0.05, 0.1) is 39.9 Å². The number of unbranched alkanes of at least 4 members (excludes halogenated alkanes) is 1. The number of imidazole rings is 1. The second kappa shape index (κ2) is 19.1. The number of rotatable bonds is 13. The number of hydrogen-bond acceptors (Lipinski definition) is 9. The van der Waals surface area contributed by atoms with Crippen LogP contribution in [0.5, 0.6) is 5.75 Å². The molecule has 56 heavy (non-hydrogen) atoms. The predicted molar refractivity (Wildman–Crippen MR) is 230 cm³/mol. The van der Waals surface area contributed by atoms with Crippen LogP contribution in [-0.4, -0.2) is 89.5 Å². The van der Waals surface area contributed by atoms with Crippen molar-refractivity contribution in [1.82, 2.24) is 35.4 Å². The van der Waals surface area contributed by atoms with Gasteiger partial charge in [0.2, 0.25) is 0 Å². The molecule has 8 rings (SSSR count). The number of para-hydroxylation sites is 3. The van der Waals surface area contributed by atoms with Gasteiger partial charge in [-0.15, -0.1) is 11.3 Å². The number of aromatic amines is 1. The van der Waals surface area contributed by atoms with Crippen LogP contribution in [-0.2, 0) is 0 Å². The maximum absolute atomic E-state index is 11.9. The molecule has 2 aromatic heterocycles. The van der Waals surface area contributed by atoms with Crippen molar-refractivity contribution < 1.29 is 9.53 Å². The Balaban J connectivity index is 0.000000172. The molecule has 294 valence electrons. The molecule has 10 heteroatoms. The van der Waals surface area contributed by atoms with Crippen LogP contribution >= 0.6 is 11.3 Å². The van der Waals surface area contributed by atoms with Crippen molar-refractivity contribution in [3.05, 3.63) is 125 Å². The van der Waals surface area contributed by atoms with Gasteiger partial charge in [0.25, 0.3) is 0 Å². The average molecular weight is 772 g/mol. The summed E-state index contributed by atoms with van der Waals surface area (Å²) in [7, 11) is 4.38. The fourth-order valence-electron chi connectivity index (χ4n) is 7.64. The van der Waals surface area contributed by atoms with Crippen LogP contribution < -0.4 is 15.4 Å². The minimum absolute atomic E-state index is 0.0647. The van der Waals surface area contributed by atoms with Gasteiger partial charge in [-0.2, -0.15) is 0 Å². The first-order valence-corrected chi connectivity index (χ1v) is 21.2. The fourth-order valence-corrected chi connectivity index (χ4v) is 8.70. The summed E-state index contributed by atoms with van der Waals surface area (Å²) in [5.41, 5.74) is 6.12. The highest BCUT2D eigenvalue weighted by atomic mass is 32.1. The summed E-state index contributed by atoms with van der Waals surface area (Å²) < 4.78 is 7.23. The molecule has 2 fully saturated rings. The standard InChI is InChI=1S/C24H31N3OS.C22H26N4O/c1-3-4-16-28-20-9-7-8-18(17-20)23(25-19-12-14-27(2)15-13-19)24-26-21-10-5-6-11-22(21)29-24;1-15(27)16-6-5-7-17(14-16)21(23-18-10-12-26(2)13-11-18)22-24-19-8-3-4-9-20(19)25-22/h5-11,17,19,23,25H,3-4,12-16H2,1-2H3;3-9,14,18,21,23H,10-13H2,1-2H3,(H,24,25). The Kier molecular flexibility index (Phi) is 13.6. The molecular weight excluding hydrogens is 715 g/mol. The summed E-state index contributed by atoms with van der Waals surface area (Å²) in [4.78, 5) is 29.9. The van der Waals surface area contributed by atoms with Crippen LogP contribution in [0.3, 0.4) is 0 Å². The molecule has 2 unspecified atom stereocenters. The highest BCUT2D eigenvalue weighted by Gasteiger charge is 2.26. The van der Waals surface area contributed by atoms with Crippen molar-refractivity contribution in [3.63, 3.8) is 0 Å². The Bertz CT molecular complexity index is 2100. The second-order valence-electron chi connectivity index (χ2n) is 15.5. The third kappa shape index (κ3) is 10.3. The van der Waals surface area contributed by atoms with Crippen molar-refractivity contribution in [1.29, 1.82) is 0 Å². The molecule has 0 aliphatic carbocycles. The van der Waals surface area contributed by atoms with Gasteiger partial charge >= 0.3 is 0 Å². The van der Waals surface area contributed by atoms with Crippen molar-refractivity contribution in [3.8, 4) is 5.75 Å². The van der Waals surface area contributed by atoms with Crippen molar-refractivity contribution >= 4 is 38.4 Å². The molecule has 3 N–H and O–H groups in total. The molecule has 0 bridgehead atoms. The Morgan fingerprint density at radius 3 is 2.07 bits per heavy atom. The molecule has 0 saturated carbocycles. The number of likely N-dealkylation sites (tertiary alicyclic amines) is 2. The van der Waals surface area contributed by atoms with E-state index in [2.05, 4.69) is 101 Å². The van der Waals surface area contributed by atoms with Gasteiger partial charge in [-0.25, -0.2) is 9.97 Å². The lowest BCUT2D eigenvalue weighted by atomic mass is 9.98. The third-order valence-electron chi connectivity index (χ3n) is 11.1. The zero-order valence-corrected chi connectivity index (χ0v) is 34.2. The Morgan fingerprint density at radius 2 is 1.41 bits per heavy atom. The maximum Gasteiger partial charge on any atom is 0.159 e. The van der Waals surface area contributed by atoms with Crippen LogP contribution in [0.25, 0.3) is 21.3 Å². The zero-order chi connectivity index (χ0) is 38.9. The molecule has 2 aliphatic heterocycles. The summed E-state index contributed by atoms with van der Waals surface area (Å²) in [5.74, 6) is 1.93. The number of Topliss-reactive ketones (excluding diaryl/α,β-unsaturated/α-hetero) is 1. The third-order valence-corrected chi connectivity index (χ3v) is 12.2. The van der Waals surface area contributed by atoms with E-state index in [0.29, 0.717) is 12.1 Å². The molecule has 0 radical (unpaired) electrons. The topological polar surface area (TPSA) is 98.4 Å². The summed E-state index contributed by atoms with van der Waals surface area (Å²) in [6.07, 6.45) is 6.79. The Hall–Kier alpha value is -4.45. The maximum atomic E-state index is 11.9. The Labute approximate surface area is 335 Å². The van der Waals surface area contributed by atoms with Gasteiger partial charge in [-0.3, -0.25) is 4.79 Å².